The summed E-state index contributed by atoms with van der Waals surface area (Å²) in [6, 6.07) is 24.9. The van der Waals surface area contributed by atoms with Crippen LogP contribution in [0.4, 0.5) is 5.69 Å². The van der Waals surface area contributed by atoms with Gasteiger partial charge in [-0.05, 0) is 59.7 Å². The number of rotatable bonds is 5. The minimum atomic E-state index is -0.852. The van der Waals surface area contributed by atoms with Crippen LogP contribution in [0.25, 0.3) is 16.5 Å². The molecule has 4 aromatic rings. The van der Waals surface area contributed by atoms with Crippen LogP contribution in [-0.4, -0.2) is 31.0 Å². The van der Waals surface area contributed by atoms with E-state index in [1.54, 1.807) is 43.5 Å². The molecule has 6 heteroatoms. The largest absolute Gasteiger partial charge is 0.507 e. The van der Waals surface area contributed by atoms with Crippen molar-refractivity contribution in [2.45, 2.75) is 13.0 Å². The van der Waals surface area contributed by atoms with Crippen LogP contribution in [0.2, 0.25) is 0 Å². The topological polar surface area (TPSA) is 76.1 Å². The molecule has 0 saturated carbocycles. The van der Waals surface area contributed by atoms with Gasteiger partial charge in [-0.2, -0.15) is 0 Å². The summed E-state index contributed by atoms with van der Waals surface area (Å²) in [5, 5.41) is 13.4. The van der Waals surface area contributed by atoms with E-state index in [1.165, 1.54) is 12.0 Å². The number of nitrogens with zero attached hydrogens (tertiary/aromatic N) is 1. The van der Waals surface area contributed by atoms with Crippen LogP contribution in [0.15, 0.2) is 90.5 Å². The molecule has 1 saturated heterocycles. The fourth-order valence-corrected chi connectivity index (χ4v) is 4.78. The minimum Gasteiger partial charge on any atom is -0.507 e. The van der Waals surface area contributed by atoms with Crippen LogP contribution in [-0.2, 0) is 9.59 Å². The predicted molar refractivity (Wildman–Crippen MR) is 139 cm³/mol. The average Bonchev–Trinajstić information content (AvgIpc) is 3.17. The Kier molecular flexibility index (Phi) is 5.94. The van der Waals surface area contributed by atoms with Crippen molar-refractivity contribution in [2.24, 2.45) is 0 Å². The van der Waals surface area contributed by atoms with Crippen molar-refractivity contribution in [1.82, 2.24) is 0 Å². The number of carbonyl (C=O) groups excluding carboxylic acids is 2. The number of hydrogen-bond acceptors (Lipinski definition) is 5. The number of fused-ring (bicyclic) bond motifs is 1. The van der Waals surface area contributed by atoms with Crippen molar-refractivity contribution in [2.75, 3.05) is 19.1 Å². The van der Waals surface area contributed by atoms with Crippen LogP contribution in [0, 0.1) is 6.92 Å². The molecule has 5 rings (SSSR count). The van der Waals surface area contributed by atoms with E-state index in [0.717, 1.165) is 21.9 Å². The van der Waals surface area contributed by atoms with Gasteiger partial charge in [-0.3, -0.25) is 14.5 Å². The number of aliphatic hydroxyl groups is 1. The van der Waals surface area contributed by atoms with Crippen molar-refractivity contribution < 1.29 is 24.2 Å². The number of ether oxygens (including phenoxy) is 2. The molecule has 4 aromatic carbocycles. The Morgan fingerprint density at radius 2 is 1.58 bits per heavy atom. The first-order valence-corrected chi connectivity index (χ1v) is 11.5. The van der Waals surface area contributed by atoms with Crippen LogP contribution in [0.1, 0.15) is 22.7 Å². The third-order valence-corrected chi connectivity index (χ3v) is 6.52. The zero-order valence-electron chi connectivity index (χ0n) is 20.2. The lowest BCUT2D eigenvalue weighted by Gasteiger charge is -2.26. The minimum absolute atomic E-state index is 0.0103. The molecule has 1 amide bonds. The molecule has 1 fully saturated rings. The van der Waals surface area contributed by atoms with Crippen LogP contribution >= 0.6 is 0 Å². The molecule has 6 nitrogen and oxygen atoms in total. The summed E-state index contributed by atoms with van der Waals surface area (Å²) in [5.41, 5.74) is 2.50. The predicted octanol–water partition coefficient (Wildman–Crippen LogP) is 5.79. The van der Waals surface area contributed by atoms with Gasteiger partial charge >= 0.3 is 0 Å². The van der Waals surface area contributed by atoms with Gasteiger partial charge < -0.3 is 14.6 Å². The van der Waals surface area contributed by atoms with Crippen molar-refractivity contribution in [3.8, 4) is 11.5 Å². The normalized spacial score (nSPS) is 17.0. The van der Waals surface area contributed by atoms with Gasteiger partial charge in [0.05, 0.1) is 31.4 Å². The number of aryl methyl sites for hydroxylation is 1. The Labute approximate surface area is 209 Å². The summed E-state index contributed by atoms with van der Waals surface area (Å²) < 4.78 is 10.7. The number of benzene rings is 4. The summed E-state index contributed by atoms with van der Waals surface area (Å²) in [7, 11) is 3.06. The number of carbonyl (C=O) groups is 2. The molecule has 1 aliphatic heterocycles. The van der Waals surface area contributed by atoms with Crippen molar-refractivity contribution >= 4 is 33.9 Å². The average molecular weight is 480 g/mol. The monoisotopic (exact) mass is 479 g/mol. The molecule has 0 radical (unpaired) electrons. The molecule has 0 aliphatic carbocycles. The molecule has 36 heavy (non-hydrogen) atoms. The van der Waals surface area contributed by atoms with Crippen LogP contribution in [0.5, 0.6) is 11.5 Å². The molecule has 1 aliphatic rings. The first kappa shape index (κ1) is 23.2. The fraction of sp³-hybridized carbons (Fsp3) is 0.133. The highest BCUT2D eigenvalue weighted by atomic mass is 16.5. The first-order valence-electron chi connectivity index (χ1n) is 11.5. The van der Waals surface area contributed by atoms with Gasteiger partial charge in [0.2, 0.25) is 0 Å². The number of methoxy groups -OCH3 is 2. The molecule has 1 N–H and O–H groups in total. The van der Waals surface area contributed by atoms with E-state index < -0.39 is 17.7 Å². The van der Waals surface area contributed by atoms with E-state index in [9.17, 15) is 14.7 Å². The van der Waals surface area contributed by atoms with Gasteiger partial charge in [-0.25, -0.2) is 0 Å². The fourth-order valence-electron chi connectivity index (χ4n) is 4.78. The second-order valence-corrected chi connectivity index (χ2v) is 8.64. The number of hydrogen-bond donors (Lipinski definition) is 1. The molecule has 1 atom stereocenters. The van der Waals surface area contributed by atoms with Gasteiger partial charge in [0.1, 0.15) is 17.3 Å². The van der Waals surface area contributed by atoms with Gasteiger partial charge in [0.25, 0.3) is 11.7 Å². The highest BCUT2D eigenvalue weighted by Crippen LogP contribution is 2.45. The second kappa shape index (κ2) is 9.23. The van der Waals surface area contributed by atoms with E-state index in [2.05, 4.69) is 0 Å². The maximum atomic E-state index is 13.6. The zero-order valence-corrected chi connectivity index (χ0v) is 20.2. The van der Waals surface area contributed by atoms with E-state index in [4.69, 9.17) is 9.47 Å². The van der Waals surface area contributed by atoms with Gasteiger partial charge in [0, 0.05) is 5.69 Å². The molecule has 1 unspecified atom stereocenters. The Morgan fingerprint density at radius 3 is 2.31 bits per heavy atom. The standard InChI is InChI=1S/C30H25NO5/c1-18-11-16-25(36-3)24(17-18)28(32)26-27(23-10-6-8-19-7-4-5-9-22(19)23)31(30(34)29(26)33)20-12-14-21(35-2)15-13-20/h4-17,27,32H,1-3H3/b28-26+. The first-order chi connectivity index (χ1) is 17.4. The Morgan fingerprint density at radius 1 is 0.861 bits per heavy atom. The number of aliphatic hydroxyl groups excluding tert-OH is 1. The smallest absolute Gasteiger partial charge is 0.300 e. The van der Waals surface area contributed by atoms with Crippen LogP contribution < -0.4 is 14.4 Å². The number of anilines is 1. The van der Waals surface area contributed by atoms with E-state index >= 15 is 0 Å². The second-order valence-electron chi connectivity index (χ2n) is 8.64. The van der Waals surface area contributed by atoms with E-state index in [0.29, 0.717) is 22.7 Å². The summed E-state index contributed by atoms with van der Waals surface area (Å²) in [6.07, 6.45) is 0. The maximum Gasteiger partial charge on any atom is 0.300 e. The summed E-state index contributed by atoms with van der Waals surface area (Å²) in [5.74, 6) is -0.717. The summed E-state index contributed by atoms with van der Waals surface area (Å²) in [4.78, 5) is 28.5. The lowest BCUT2D eigenvalue weighted by atomic mass is 9.91. The highest BCUT2D eigenvalue weighted by Gasteiger charge is 2.47. The summed E-state index contributed by atoms with van der Waals surface area (Å²) in [6.45, 7) is 1.88. The molecule has 1 heterocycles. The van der Waals surface area contributed by atoms with Crippen molar-refractivity contribution in [3.63, 3.8) is 0 Å². The number of amides is 1. The summed E-state index contributed by atoms with van der Waals surface area (Å²) >= 11 is 0. The SMILES string of the molecule is COc1ccc(N2C(=O)C(=O)/C(=C(/O)c3cc(C)ccc3OC)C2c2cccc3ccccc23)cc1. The molecule has 180 valence electrons. The van der Waals surface area contributed by atoms with Gasteiger partial charge in [-0.15, -0.1) is 0 Å². The Hall–Kier alpha value is -4.58. The quantitative estimate of drug-likeness (QED) is 0.223. The van der Waals surface area contributed by atoms with Crippen molar-refractivity contribution in [1.29, 1.82) is 0 Å². The maximum absolute atomic E-state index is 13.6. The van der Waals surface area contributed by atoms with E-state index in [-0.39, 0.29) is 11.3 Å². The van der Waals surface area contributed by atoms with Gasteiger partial charge in [0.15, 0.2) is 0 Å². The van der Waals surface area contributed by atoms with E-state index in [1.807, 2.05) is 55.5 Å². The third kappa shape index (κ3) is 3.77. The van der Waals surface area contributed by atoms with Gasteiger partial charge in [-0.1, -0.05) is 54.1 Å². The molecular weight excluding hydrogens is 454 g/mol. The lowest BCUT2D eigenvalue weighted by Crippen LogP contribution is -2.29. The number of ketones is 1. The van der Waals surface area contributed by atoms with Crippen LogP contribution in [0.3, 0.4) is 0 Å². The molecule has 0 spiro atoms. The molecular formula is C30H25NO5. The lowest BCUT2D eigenvalue weighted by molar-refractivity contribution is -0.132. The molecule has 0 aromatic heterocycles. The number of Topliss-reactive ketones (excluding diaryl/α,β-unsaturated/α-hetero) is 1. The zero-order chi connectivity index (χ0) is 25.4. The Bertz CT molecular complexity index is 1520. The highest BCUT2D eigenvalue weighted by molar-refractivity contribution is 6.52. The van der Waals surface area contributed by atoms with Crippen molar-refractivity contribution in [3.05, 3.63) is 107 Å². The molecule has 0 bridgehead atoms. The third-order valence-electron chi connectivity index (χ3n) is 6.52. The Balaban J connectivity index is 1.81.